The standard InChI is InChI=1S/C13H15FN2O2/c1-18-6-2-5-16-9-11(8-15-16)10-3-4-12(14)13(17)7-10/h3-4,7-9,17H,2,5-6H2,1H3. The molecular weight excluding hydrogens is 235 g/mol. The third-order valence-electron chi connectivity index (χ3n) is 2.65. The van der Waals surface area contributed by atoms with Crippen LogP contribution in [0.2, 0.25) is 0 Å². The molecular formula is C13H15FN2O2. The summed E-state index contributed by atoms with van der Waals surface area (Å²) in [5.41, 5.74) is 1.59. The molecule has 4 nitrogen and oxygen atoms in total. The number of nitrogens with zero attached hydrogens (tertiary/aromatic N) is 2. The van der Waals surface area contributed by atoms with Gasteiger partial charge < -0.3 is 9.84 Å². The number of rotatable bonds is 5. The SMILES string of the molecule is COCCCn1cc(-c2ccc(F)c(O)c2)cn1. The van der Waals surface area contributed by atoms with Gasteiger partial charge in [0.1, 0.15) is 0 Å². The zero-order valence-electron chi connectivity index (χ0n) is 10.1. The number of aryl methyl sites for hydroxylation is 1. The summed E-state index contributed by atoms with van der Waals surface area (Å²) in [5, 5.41) is 13.5. The first kappa shape index (κ1) is 12.6. The first-order valence-electron chi connectivity index (χ1n) is 5.71. The van der Waals surface area contributed by atoms with Gasteiger partial charge in [-0.1, -0.05) is 6.07 Å². The zero-order valence-corrected chi connectivity index (χ0v) is 10.1. The van der Waals surface area contributed by atoms with Gasteiger partial charge in [-0.25, -0.2) is 4.39 Å². The molecule has 1 heterocycles. The molecule has 0 aliphatic rings. The highest BCUT2D eigenvalue weighted by atomic mass is 19.1. The monoisotopic (exact) mass is 250 g/mol. The molecule has 0 atom stereocenters. The lowest BCUT2D eigenvalue weighted by Crippen LogP contribution is -2.01. The molecule has 0 spiro atoms. The second kappa shape index (κ2) is 5.64. The Hall–Kier alpha value is -1.88. The third kappa shape index (κ3) is 2.87. The van der Waals surface area contributed by atoms with Crippen LogP contribution in [0.15, 0.2) is 30.6 Å². The Labute approximate surface area is 105 Å². The largest absolute Gasteiger partial charge is 0.505 e. The number of aromatic nitrogens is 2. The number of benzene rings is 1. The fourth-order valence-electron chi connectivity index (χ4n) is 1.70. The summed E-state index contributed by atoms with van der Waals surface area (Å²) in [7, 11) is 1.66. The van der Waals surface area contributed by atoms with Gasteiger partial charge in [-0.15, -0.1) is 0 Å². The summed E-state index contributed by atoms with van der Waals surface area (Å²) in [6, 6.07) is 4.25. The summed E-state index contributed by atoms with van der Waals surface area (Å²) >= 11 is 0. The number of hydrogen-bond acceptors (Lipinski definition) is 3. The number of hydrogen-bond donors (Lipinski definition) is 1. The molecule has 0 aliphatic carbocycles. The van der Waals surface area contributed by atoms with Gasteiger partial charge in [0.05, 0.1) is 6.20 Å². The number of phenolic OH excluding ortho intramolecular Hbond substituents is 1. The maximum atomic E-state index is 12.9. The van der Waals surface area contributed by atoms with Crippen LogP contribution in [0.4, 0.5) is 4.39 Å². The smallest absolute Gasteiger partial charge is 0.164 e. The van der Waals surface area contributed by atoms with Crippen LogP contribution in [0.5, 0.6) is 5.75 Å². The second-order valence-electron chi connectivity index (χ2n) is 4.00. The predicted molar refractivity (Wildman–Crippen MR) is 65.8 cm³/mol. The van der Waals surface area contributed by atoms with Crippen molar-refractivity contribution >= 4 is 0 Å². The Morgan fingerprint density at radius 2 is 2.22 bits per heavy atom. The van der Waals surface area contributed by atoms with E-state index in [1.165, 1.54) is 12.1 Å². The van der Waals surface area contributed by atoms with E-state index in [0.717, 1.165) is 24.1 Å². The Balaban J connectivity index is 2.11. The lowest BCUT2D eigenvalue weighted by Gasteiger charge is -2.01. The van der Waals surface area contributed by atoms with Gasteiger partial charge in [0.15, 0.2) is 11.6 Å². The maximum Gasteiger partial charge on any atom is 0.164 e. The highest BCUT2D eigenvalue weighted by molar-refractivity contribution is 5.63. The van der Waals surface area contributed by atoms with Gasteiger partial charge in [0, 0.05) is 32.0 Å². The highest BCUT2D eigenvalue weighted by Crippen LogP contribution is 2.25. The van der Waals surface area contributed by atoms with Crippen LogP contribution in [0.25, 0.3) is 11.1 Å². The van der Waals surface area contributed by atoms with E-state index in [1.54, 1.807) is 24.1 Å². The summed E-state index contributed by atoms with van der Waals surface area (Å²) < 4.78 is 19.7. The molecule has 0 unspecified atom stereocenters. The molecule has 1 N–H and O–H groups in total. The number of methoxy groups -OCH3 is 1. The van der Waals surface area contributed by atoms with E-state index in [4.69, 9.17) is 4.74 Å². The van der Waals surface area contributed by atoms with E-state index < -0.39 is 5.82 Å². The van der Waals surface area contributed by atoms with Crippen molar-refractivity contribution in [2.24, 2.45) is 0 Å². The van der Waals surface area contributed by atoms with Gasteiger partial charge >= 0.3 is 0 Å². The minimum atomic E-state index is -0.619. The number of halogens is 1. The van der Waals surface area contributed by atoms with Crippen molar-refractivity contribution in [3.05, 3.63) is 36.4 Å². The van der Waals surface area contributed by atoms with Crippen molar-refractivity contribution in [3.63, 3.8) is 0 Å². The van der Waals surface area contributed by atoms with Crippen molar-refractivity contribution in [1.82, 2.24) is 9.78 Å². The average molecular weight is 250 g/mol. The van der Waals surface area contributed by atoms with Crippen LogP contribution in [0.3, 0.4) is 0 Å². The number of aromatic hydroxyl groups is 1. The summed E-state index contributed by atoms with van der Waals surface area (Å²) in [4.78, 5) is 0. The molecule has 2 rings (SSSR count). The molecule has 1 aromatic heterocycles. The predicted octanol–water partition coefficient (Wildman–Crippen LogP) is 2.43. The molecule has 5 heteroatoms. The number of phenols is 1. The fourth-order valence-corrected chi connectivity index (χ4v) is 1.70. The lowest BCUT2D eigenvalue weighted by molar-refractivity contribution is 0.189. The molecule has 0 saturated carbocycles. The van der Waals surface area contributed by atoms with E-state index >= 15 is 0 Å². The van der Waals surface area contributed by atoms with Crippen molar-refractivity contribution < 1.29 is 14.2 Å². The summed E-state index contributed by atoms with van der Waals surface area (Å²) in [6.07, 6.45) is 4.44. The van der Waals surface area contributed by atoms with Crippen molar-refractivity contribution in [2.45, 2.75) is 13.0 Å². The molecule has 2 aromatic rings. The van der Waals surface area contributed by atoms with Gasteiger partial charge in [0.25, 0.3) is 0 Å². The lowest BCUT2D eigenvalue weighted by atomic mass is 10.1. The Bertz CT molecular complexity index is 525. The fraction of sp³-hybridized carbons (Fsp3) is 0.308. The zero-order chi connectivity index (χ0) is 13.0. The molecule has 0 radical (unpaired) electrons. The molecule has 96 valence electrons. The van der Waals surface area contributed by atoms with Crippen molar-refractivity contribution in [2.75, 3.05) is 13.7 Å². The van der Waals surface area contributed by atoms with E-state index in [1.807, 2.05) is 6.20 Å². The molecule has 0 saturated heterocycles. The normalized spacial score (nSPS) is 10.8. The maximum absolute atomic E-state index is 12.9. The van der Waals surface area contributed by atoms with E-state index in [2.05, 4.69) is 5.10 Å². The molecule has 18 heavy (non-hydrogen) atoms. The molecule has 0 fully saturated rings. The minimum Gasteiger partial charge on any atom is -0.505 e. The first-order valence-corrected chi connectivity index (χ1v) is 5.71. The summed E-state index contributed by atoms with van der Waals surface area (Å²) in [5.74, 6) is -0.967. The Morgan fingerprint density at radius 3 is 2.94 bits per heavy atom. The highest BCUT2D eigenvalue weighted by Gasteiger charge is 2.05. The van der Waals surface area contributed by atoms with Crippen molar-refractivity contribution in [3.8, 4) is 16.9 Å². The number of ether oxygens (including phenoxy) is 1. The molecule has 1 aromatic carbocycles. The van der Waals surface area contributed by atoms with Gasteiger partial charge in [-0.2, -0.15) is 5.10 Å². The van der Waals surface area contributed by atoms with Crippen LogP contribution >= 0.6 is 0 Å². The minimum absolute atomic E-state index is 0.348. The average Bonchev–Trinajstić information content (AvgIpc) is 2.82. The van der Waals surface area contributed by atoms with Gasteiger partial charge in [-0.3, -0.25) is 4.68 Å². The molecule has 0 bridgehead atoms. The van der Waals surface area contributed by atoms with Crippen LogP contribution < -0.4 is 0 Å². The van der Waals surface area contributed by atoms with Crippen molar-refractivity contribution in [1.29, 1.82) is 0 Å². The van der Waals surface area contributed by atoms with Crippen LogP contribution in [0, 0.1) is 5.82 Å². The summed E-state index contributed by atoms with van der Waals surface area (Å²) in [6.45, 7) is 1.45. The van der Waals surface area contributed by atoms with Gasteiger partial charge in [0.2, 0.25) is 0 Å². The molecule has 0 aliphatic heterocycles. The quantitative estimate of drug-likeness (QED) is 0.829. The Kier molecular flexibility index (Phi) is 3.94. The topological polar surface area (TPSA) is 47.3 Å². The van der Waals surface area contributed by atoms with E-state index in [9.17, 15) is 9.50 Å². The molecule has 0 amide bonds. The second-order valence-corrected chi connectivity index (χ2v) is 4.00. The van der Waals surface area contributed by atoms with Gasteiger partial charge in [-0.05, 0) is 24.1 Å². The Morgan fingerprint density at radius 1 is 1.39 bits per heavy atom. The van der Waals surface area contributed by atoms with Crippen LogP contribution in [-0.2, 0) is 11.3 Å². The first-order chi connectivity index (χ1) is 8.70. The van der Waals surface area contributed by atoms with Crippen LogP contribution in [-0.4, -0.2) is 28.6 Å². The van der Waals surface area contributed by atoms with E-state index in [-0.39, 0.29) is 5.75 Å². The van der Waals surface area contributed by atoms with Crippen LogP contribution in [0.1, 0.15) is 6.42 Å². The van der Waals surface area contributed by atoms with E-state index in [0.29, 0.717) is 6.61 Å². The third-order valence-corrected chi connectivity index (χ3v) is 2.65.